The lowest BCUT2D eigenvalue weighted by Gasteiger charge is -2.44. The van der Waals surface area contributed by atoms with E-state index in [9.17, 15) is 4.79 Å². The van der Waals surface area contributed by atoms with Crippen LogP contribution in [0.3, 0.4) is 0 Å². The molecule has 0 aromatic carbocycles. The highest BCUT2D eigenvalue weighted by molar-refractivity contribution is 6.76. The molecule has 0 N–H and O–H groups in total. The Labute approximate surface area is 210 Å². The van der Waals surface area contributed by atoms with Crippen molar-refractivity contribution in [2.75, 3.05) is 45.4 Å². The third-order valence-electron chi connectivity index (χ3n) is 7.38. The summed E-state index contributed by atoms with van der Waals surface area (Å²) in [5.74, 6) is 0.664. The van der Waals surface area contributed by atoms with Gasteiger partial charge in [0.25, 0.3) is 5.91 Å². The van der Waals surface area contributed by atoms with E-state index in [0.717, 1.165) is 61.6 Å². The van der Waals surface area contributed by atoms with Crippen molar-refractivity contribution in [2.24, 2.45) is 5.92 Å². The van der Waals surface area contributed by atoms with Crippen LogP contribution >= 0.6 is 0 Å². The maximum Gasteiger partial charge on any atom is 0.258 e. The lowest BCUT2D eigenvalue weighted by Crippen LogP contribution is -2.50. The Morgan fingerprint density at radius 2 is 2.00 bits per heavy atom. The first-order valence-corrected chi connectivity index (χ1v) is 16.5. The summed E-state index contributed by atoms with van der Waals surface area (Å²) in [4.78, 5) is 24.1. The molecule has 0 atom stereocenters. The highest BCUT2D eigenvalue weighted by Crippen LogP contribution is 2.39. The summed E-state index contributed by atoms with van der Waals surface area (Å²) in [6.07, 6.45) is 8.26. The van der Waals surface area contributed by atoms with Crippen LogP contribution < -0.4 is 4.90 Å². The highest BCUT2D eigenvalue weighted by atomic mass is 28.3. The second kappa shape index (κ2) is 10.7. The lowest BCUT2D eigenvalue weighted by molar-refractivity contribution is 0.0773. The van der Waals surface area contributed by atoms with Gasteiger partial charge in [0.05, 0.1) is 30.5 Å². The molecule has 8 nitrogen and oxygen atoms in total. The number of rotatable bonds is 9. The van der Waals surface area contributed by atoms with Gasteiger partial charge in [-0.2, -0.15) is 5.26 Å². The van der Waals surface area contributed by atoms with Crippen molar-refractivity contribution < 1.29 is 9.53 Å². The summed E-state index contributed by atoms with van der Waals surface area (Å²) in [6, 6.07) is 5.87. The van der Waals surface area contributed by atoms with Gasteiger partial charge in [-0.1, -0.05) is 19.6 Å². The summed E-state index contributed by atoms with van der Waals surface area (Å²) in [5, 5.41) is 9.99. The van der Waals surface area contributed by atoms with Gasteiger partial charge >= 0.3 is 0 Å². The molecular formula is C26H40N6O2Si. The Kier molecular flexibility index (Phi) is 7.84. The van der Waals surface area contributed by atoms with Crippen molar-refractivity contribution >= 4 is 30.7 Å². The van der Waals surface area contributed by atoms with Crippen LogP contribution in [0.2, 0.25) is 25.7 Å². The summed E-state index contributed by atoms with van der Waals surface area (Å²) >= 11 is 0. The topological polar surface area (TPSA) is 77.6 Å². The third kappa shape index (κ3) is 5.88. The molecule has 2 aliphatic rings. The van der Waals surface area contributed by atoms with Crippen molar-refractivity contribution in [1.82, 2.24) is 19.4 Å². The van der Waals surface area contributed by atoms with E-state index >= 15 is 0 Å². The molecule has 1 aliphatic carbocycles. The molecule has 9 heteroatoms. The number of ether oxygens (including phenoxy) is 1. The van der Waals surface area contributed by atoms with Crippen molar-refractivity contribution in [2.45, 2.75) is 64.1 Å². The predicted molar refractivity (Wildman–Crippen MR) is 142 cm³/mol. The van der Waals surface area contributed by atoms with Crippen LogP contribution in [-0.2, 0) is 11.5 Å². The molecule has 4 rings (SSSR count). The molecule has 0 unspecified atom stereocenters. The number of hydrogen-bond donors (Lipinski definition) is 0. The average Bonchev–Trinajstić information content (AvgIpc) is 3.22. The van der Waals surface area contributed by atoms with Crippen LogP contribution in [0.5, 0.6) is 0 Å². The standard InChI is InChI=1S/C26H40N6O2Si/c1-29(13-11-27)17-20-6-8-21(9-7-20)32-18-30(2)26(33)23-16-28-25-22(24(23)32)10-12-31(25)19-34-14-15-35(3,4)5/h10,12,16,20-21H,6-9,13-15,17-19H2,1-5H3. The van der Waals surface area contributed by atoms with E-state index in [2.05, 4.69) is 46.1 Å². The quantitative estimate of drug-likeness (QED) is 0.294. The molecule has 0 radical (unpaired) electrons. The summed E-state index contributed by atoms with van der Waals surface area (Å²) in [7, 11) is 2.78. The molecule has 0 saturated heterocycles. The van der Waals surface area contributed by atoms with E-state index < -0.39 is 8.07 Å². The number of fused-ring (bicyclic) bond motifs is 3. The summed E-state index contributed by atoms with van der Waals surface area (Å²) < 4.78 is 8.05. The minimum Gasteiger partial charge on any atom is -0.361 e. The third-order valence-corrected chi connectivity index (χ3v) is 9.09. The number of hydrogen-bond acceptors (Lipinski definition) is 6. The van der Waals surface area contributed by atoms with Crippen LogP contribution in [0, 0.1) is 17.2 Å². The number of aromatic nitrogens is 2. The molecule has 190 valence electrons. The molecule has 0 bridgehead atoms. The first-order valence-electron chi connectivity index (χ1n) is 12.8. The van der Waals surface area contributed by atoms with Gasteiger partial charge in [0.15, 0.2) is 0 Å². The van der Waals surface area contributed by atoms with E-state index in [1.54, 1.807) is 11.1 Å². The van der Waals surface area contributed by atoms with Gasteiger partial charge in [0, 0.05) is 52.1 Å². The molecule has 1 amide bonds. The number of nitrogens with zero attached hydrogens (tertiary/aromatic N) is 6. The normalized spacial score (nSPS) is 21.0. The Balaban J connectivity index is 1.52. The van der Waals surface area contributed by atoms with Crippen molar-refractivity contribution in [3.8, 4) is 6.07 Å². The van der Waals surface area contributed by atoms with Crippen LogP contribution in [0.25, 0.3) is 11.0 Å². The summed E-state index contributed by atoms with van der Waals surface area (Å²) in [5.41, 5.74) is 2.61. The van der Waals surface area contributed by atoms with Crippen molar-refractivity contribution in [3.63, 3.8) is 0 Å². The number of pyridine rings is 1. The first-order chi connectivity index (χ1) is 16.7. The van der Waals surface area contributed by atoms with Gasteiger partial charge in [-0.05, 0) is 50.8 Å². The van der Waals surface area contributed by atoms with Crippen molar-refractivity contribution in [3.05, 3.63) is 24.0 Å². The minimum absolute atomic E-state index is 0.0385. The Bertz CT molecular complexity index is 1080. The number of nitriles is 1. The van der Waals surface area contributed by atoms with E-state index in [4.69, 9.17) is 15.0 Å². The fraction of sp³-hybridized carbons (Fsp3) is 0.654. The summed E-state index contributed by atoms with van der Waals surface area (Å²) in [6.45, 7) is 10.4. The minimum atomic E-state index is -1.13. The Hall–Kier alpha value is -2.41. The van der Waals surface area contributed by atoms with Crippen LogP contribution in [0.4, 0.5) is 5.69 Å². The SMILES string of the molecule is CN(CC#N)CC1CCC(N2CN(C)C(=O)c3cnc4c(ccn4COCC[Si](C)(C)C)c32)CC1. The molecule has 2 aromatic heterocycles. The molecule has 3 heterocycles. The molecular weight excluding hydrogens is 456 g/mol. The second-order valence-electron chi connectivity index (χ2n) is 11.5. The fourth-order valence-corrected chi connectivity index (χ4v) is 6.13. The smallest absolute Gasteiger partial charge is 0.258 e. The Morgan fingerprint density at radius 1 is 1.26 bits per heavy atom. The molecule has 1 fully saturated rings. The van der Waals surface area contributed by atoms with Crippen LogP contribution in [0.1, 0.15) is 36.0 Å². The van der Waals surface area contributed by atoms with Gasteiger partial charge in [-0.3, -0.25) is 9.69 Å². The molecule has 1 aliphatic heterocycles. The number of carbonyl (C=O) groups excluding carboxylic acids is 1. The molecule has 0 spiro atoms. The zero-order chi connectivity index (χ0) is 25.2. The van der Waals surface area contributed by atoms with Gasteiger partial charge in [-0.15, -0.1) is 0 Å². The number of anilines is 1. The molecule has 2 aromatic rings. The van der Waals surface area contributed by atoms with Crippen LogP contribution in [0.15, 0.2) is 18.5 Å². The maximum absolute atomic E-state index is 13.0. The van der Waals surface area contributed by atoms with E-state index in [0.29, 0.717) is 37.5 Å². The number of carbonyl (C=O) groups is 1. The van der Waals surface area contributed by atoms with E-state index in [1.165, 1.54) is 0 Å². The number of amides is 1. The van der Waals surface area contributed by atoms with Gasteiger partial charge in [-0.25, -0.2) is 4.98 Å². The van der Waals surface area contributed by atoms with Gasteiger partial charge in [0.2, 0.25) is 0 Å². The fourth-order valence-electron chi connectivity index (χ4n) is 5.37. The van der Waals surface area contributed by atoms with Crippen molar-refractivity contribution in [1.29, 1.82) is 5.26 Å². The Morgan fingerprint density at radius 3 is 2.69 bits per heavy atom. The second-order valence-corrected chi connectivity index (χ2v) is 17.2. The zero-order valence-electron chi connectivity index (χ0n) is 22.0. The zero-order valence-corrected chi connectivity index (χ0v) is 23.0. The maximum atomic E-state index is 13.0. The largest absolute Gasteiger partial charge is 0.361 e. The van der Waals surface area contributed by atoms with Gasteiger partial charge in [0.1, 0.15) is 12.4 Å². The van der Waals surface area contributed by atoms with E-state index in [-0.39, 0.29) is 5.91 Å². The van der Waals surface area contributed by atoms with Crippen LogP contribution in [-0.4, -0.2) is 79.8 Å². The monoisotopic (exact) mass is 496 g/mol. The average molecular weight is 497 g/mol. The molecule has 1 saturated carbocycles. The first kappa shape index (κ1) is 25.7. The highest BCUT2D eigenvalue weighted by Gasteiger charge is 2.35. The lowest BCUT2D eigenvalue weighted by atomic mass is 9.84. The van der Waals surface area contributed by atoms with E-state index in [1.807, 2.05) is 20.3 Å². The molecule has 35 heavy (non-hydrogen) atoms. The predicted octanol–water partition coefficient (Wildman–Crippen LogP) is 4.21. The van der Waals surface area contributed by atoms with Gasteiger partial charge < -0.3 is 19.1 Å².